The fraction of sp³-hybridized carbons (Fsp3) is 0.0392. The van der Waals surface area contributed by atoms with Gasteiger partial charge < -0.3 is 51.0 Å². The fourth-order valence-corrected chi connectivity index (χ4v) is 8.86. The maximum Gasteiger partial charge on any atom is 0.337 e. The molecule has 0 aromatic heterocycles. The maximum atomic E-state index is 13.7. The van der Waals surface area contributed by atoms with Gasteiger partial charge in [0.1, 0.15) is 28.4 Å². The van der Waals surface area contributed by atoms with E-state index in [-0.39, 0.29) is 101 Å². The van der Waals surface area contributed by atoms with Gasteiger partial charge in [-0.25, -0.2) is 14.4 Å². The molecule has 18 heteroatoms. The summed E-state index contributed by atoms with van der Waals surface area (Å²) in [5, 5.41) is 54.5. The maximum absolute atomic E-state index is 13.7. The van der Waals surface area contributed by atoms with Gasteiger partial charge in [0.25, 0.3) is 11.8 Å². The molecular weight excluding hydrogens is 931 g/mol. The highest BCUT2D eigenvalue weighted by molar-refractivity contribution is 6.41. The van der Waals surface area contributed by atoms with Crippen molar-refractivity contribution < 1.29 is 53.2 Å². The number of amides is 2. The van der Waals surface area contributed by atoms with Gasteiger partial charge in [-0.3, -0.25) is 14.4 Å². The minimum atomic E-state index is -1.46. The fourth-order valence-electron chi connectivity index (χ4n) is 8.24. The lowest BCUT2D eigenvalue weighted by molar-refractivity contribution is 0.0682. The average Bonchev–Trinajstić information content (AvgIpc) is 3.31. The molecule has 0 radical (unpaired) electrons. The van der Waals surface area contributed by atoms with Crippen molar-refractivity contribution in [1.29, 1.82) is 5.41 Å². The van der Waals surface area contributed by atoms with Crippen LogP contribution in [0.2, 0.25) is 10.0 Å². The predicted molar refractivity (Wildman–Crippen MR) is 254 cm³/mol. The number of nitrogens with two attached hydrogens (primary N) is 1. The summed E-state index contributed by atoms with van der Waals surface area (Å²) in [7, 11) is 0. The number of carbonyl (C=O) groups is 5. The van der Waals surface area contributed by atoms with Crippen LogP contribution < -0.4 is 27.2 Å². The Morgan fingerprint density at radius 3 is 2.00 bits per heavy atom. The lowest BCUT2D eigenvalue weighted by atomic mass is 9.88. The molecule has 5 aromatic rings. The number of halogens is 2. The molecule has 0 bridgehead atoms. The highest BCUT2D eigenvalue weighted by Gasteiger charge is 2.30. The van der Waals surface area contributed by atoms with Crippen LogP contribution in [0.3, 0.4) is 0 Å². The molecule has 69 heavy (non-hydrogen) atoms. The largest absolute Gasteiger partial charge is 0.508 e. The minimum Gasteiger partial charge on any atom is -0.508 e. The molecule has 0 atom stereocenters. The number of carboxylic acids is 3. The number of nitrogens with one attached hydrogen (secondary N) is 3. The Morgan fingerprint density at radius 2 is 1.28 bits per heavy atom. The van der Waals surface area contributed by atoms with E-state index in [0.29, 0.717) is 38.7 Å². The van der Waals surface area contributed by atoms with Crippen molar-refractivity contribution in [3.63, 3.8) is 0 Å². The van der Waals surface area contributed by atoms with Crippen LogP contribution in [0.15, 0.2) is 129 Å². The molecule has 9 rings (SSSR count). The van der Waals surface area contributed by atoms with Crippen LogP contribution in [0.4, 0.5) is 5.69 Å². The third kappa shape index (κ3) is 8.30. The van der Waals surface area contributed by atoms with Crippen molar-refractivity contribution in [1.82, 2.24) is 10.6 Å². The lowest BCUT2D eigenvalue weighted by Gasteiger charge is -2.20. The molecule has 9 N–H and O–H groups in total. The lowest BCUT2D eigenvalue weighted by Crippen LogP contribution is -2.27. The summed E-state index contributed by atoms with van der Waals surface area (Å²) in [5.41, 5.74) is 7.14. The van der Waals surface area contributed by atoms with Crippen molar-refractivity contribution in [2.45, 2.75) is 13.1 Å². The summed E-state index contributed by atoms with van der Waals surface area (Å²) in [5.74, 6) is -5.51. The van der Waals surface area contributed by atoms with Crippen LogP contribution in [0.25, 0.3) is 66.8 Å². The van der Waals surface area contributed by atoms with E-state index in [1.807, 2.05) is 0 Å². The Bertz CT molecular complexity index is 3750. The smallest absolute Gasteiger partial charge is 0.337 e. The van der Waals surface area contributed by atoms with Gasteiger partial charge in [0, 0.05) is 74.6 Å². The van der Waals surface area contributed by atoms with Gasteiger partial charge in [-0.05, 0) is 90.0 Å². The van der Waals surface area contributed by atoms with E-state index in [0.717, 1.165) is 6.07 Å². The van der Waals surface area contributed by atoms with E-state index in [4.69, 9.17) is 43.2 Å². The Hall–Kier alpha value is -8.99. The summed E-state index contributed by atoms with van der Waals surface area (Å²) in [4.78, 5) is 77.6. The van der Waals surface area contributed by atoms with Crippen LogP contribution in [0.1, 0.15) is 62.9 Å². The zero-order valence-corrected chi connectivity index (χ0v) is 36.8. The van der Waals surface area contributed by atoms with E-state index in [9.17, 15) is 49.2 Å². The molecule has 0 saturated heterocycles. The summed E-state index contributed by atoms with van der Waals surface area (Å²) in [6, 6.07) is 27.1. The van der Waals surface area contributed by atoms with Crippen LogP contribution >= 0.6 is 23.2 Å². The van der Waals surface area contributed by atoms with Gasteiger partial charge >= 0.3 is 17.9 Å². The molecule has 0 spiro atoms. The van der Waals surface area contributed by atoms with E-state index >= 15 is 0 Å². The number of hydrogen-bond donors (Lipinski definition) is 8. The van der Waals surface area contributed by atoms with Crippen LogP contribution in [0.5, 0.6) is 5.75 Å². The first-order valence-electron chi connectivity index (χ1n) is 20.5. The van der Waals surface area contributed by atoms with Crippen molar-refractivity contribution in [2.24, 2.45) is 0 Å². The Kier molecular flexibility index (Phi) is 11.6. The zero-order valence-electron chi connectivity index (χ0n) is 35.3. The molecule has 2 aliphatic carbocycles. The molecule has 2 amide bonds. The van der Waals surface area contributed by atoms with E-state index in [1.54, 1.807) is 36.4 Å². The summed E-state index contributed by atoms with van der Waals surface area (Å²) in [6.07, 6.45) is 0. The Morgan fingerprint density at radius 1 is 0.609 bits per heavy atom. The second kappa shape index (κ2) is 17.7. The summed E-state index contributed by atoms with van der Waals surface area (Å²) in [6.45, 7) is -0.437. The number of aromatic hydroxyl groups is 1. The second-order valence-corrected chi connectivity index (χ2v) is 16.5. The molecule has 0 saturated carbocycles. The molecule has 5 aromatic carbocycles. The van der Waals surface area contributed by atoms with Crippen LogP contribution in [-0.2, 0) is 13.1 Å². The molecule has 16 nitrogen and oxygen atoms in total. The number of phenolic OH excluding ortho intramolecular Hbond substituents is 1. The van der Waals surface area contributed by atoms with Crippen molar-refractivity contribution in [3.05, 3.63) is 180 Å². The predicted octanol–water partition coefficient (Wildman–Crippen LogP) is 9.11. The van der Waals surface area contributed by atoms with Gasteiger partial charge in [0.15, 0.2) is 5.43 Å². The second-order valence-electron chi connectivity index (χ2n) is 15.7. The van der Waals surface area contributed by atoms with Gasteiger partial charge in [0.05, 0.1) is 49.8 Å². The number of benzene rings is 7. The van der Waals surface area contributed by atoms with Crippen molar-refractivity contribution >= 4 is 80.6 Å². The average molecular weight is 964 g/mol. The number of carboxylic acid groups (broad SMARTS) is 3. The monoisotopic (exact) mass is 962 g/mol. The van der Waals surface area contributed by atoms with E-state index in [1.165, 1.54) is 72.8 Å². The van der Waals surface area contributed by atoms with Crippen molar-refractivity contribution in [2.75, 3.05) is 5.73 Å². The van der Waals surface area contributed by atoms with E-state index < -0.39 is 40.7 Å². The number of nitrogen functional groups attached to an aromatic ring is 1. The third-order valence-corrected chi connectivity index (χ3v) is 12.2. The SMILES string of the molecule is N=c1ccc2c(-c3c(Cl)cc(C(=O)NCc4ccc(C(=O)NCc5c6oc7cc(O)ccc7c(-c7ccc(C(=O)O)cc7C(=O)O)c-6ccc5=O)cc4)c(Cl)c3C(=O)O)c3ccc(N)cc3oc-2c1. The highest BCUT2D eigenvalue weighted by Crippen LogP contribution is 2.47. The van der Waals surface area contributed by atoms with Gasteiger partial charge in [-0.1, -0.05) is 41.4 Å². The van der Waals surface area contributed by atoms with Crippen LogP contribution in [0, 0.1) is 5.41 Å². The topological polar surface area (TPSA) is 284 Å². The first-order chi connectivity index (χ1) is 33.0. The standard InChI is InChI=1S/C51H32Cl2N4O12/c52-36-19-34(45(53)44(51(66)67)43(36)42-30-10-6-25(54)16-38(30)68-39-17-26(55)7-11-31(39)42)48(61)56-20-22-1-3-23(4-2-22)47(60)57-21-35-37(59)14-13-32-41(29-12-8-27(58)18-40(29)69-46(32)35)28-9-5-24(49(62)63)15-33(28)50(64)65/h1-19,54,58H,20-21,55H2,(H,56,61)(H,57,60)(H,62,63)(H,64,65)(H,66,67). The summed E-state index contributed by atoms with van der Waals surface area (Å²) >= 11 is 13.6. The number of hydrogen-bond acceptors (Lipinski definition) is 11. The van der Waals surface area contributed by atoms with Gasteiger partial charge in [-0.2, -0.15) is 0 Å². The number of aromatic carboxylic acids is 3. The molecule has 2 heterocycles. The molecule has 4 aliphatic rings. The molecule has 0 fully saturated rings. The van der Waals surface area contributed by atoms with Gasteiger partial charge in [-0.15, -0.1) is 0 Å². The number of anilines is 1. The zero-order chi connectivity index (χ0) is 49.0. The third-order valence-electron chi connectivity index (χ3n) is 11.5. The first-order valence-corrected chi connectivity index (χ1v) is 21.3. The molecule has 342 valence electrons. The highest BCUT2D eigenvalue weighted by atomic mass is 35.5. The molecule has 0 unspecified atom stereocenters. The first kappa shape index (κ1) is 45.2. The minimum absolute atomic E-state index is 0.00235. The number of phenols is 1. The molecular formula is C51H32Cl2N4O12. The molecule has 2 aliphatic heterocycles. The number of fused-ring (bicyclic) bond motifs is 4. The van der Waals surface area contributed by atoms with Gasteiger partial charge in [0.2, 0.25) is 0 Å². The number of rotatable bonds is 11. The van der Waals surface area contributed by atoms with Crippen LogP contribution in [-0.4, -0.2) is 50.1 Å². The normalized spacial score (nSPS) is 11.3. The Labute approximate surface area is 397 Å². The quantitative estimate of drug-likeness (QED) is 0.0444. The van der Waals surface area contributed by atoms with Crippen molar-refractivity contribution in [3.8, 4) is 50.7 Å². The Balaban J connectivity index is 0.956. The number of carbonyl (C=O) groups excluding carboxylic acids is 2. The summed E-state index contributed by atoms with van der Waals surface area (Å²) < 4.78 is 12.2. The van der Waals surface area contributed by atoms with E-state index in [2.05, 4.69) is 10.6 Å².